The number of aliphatic hydroxyl groups excluding tert-OH is 2. The lowest BCUT2D eigenvalue weighted by Crippen LogP contribution is -2.43. The van der Waals surface area contributed by atoms with Gasteiger partial charge in [0.2, 0.25) is 0 Å². The van der Waals surface area contributed by atoms with Gasteiger partial charge in [-0.25, -0.2) is 15.0 Å². The standard InChI is InChI=1S/C20H34N8O5/c1-2-3-11(21)4-6-27(7-5-12(22)20(31)32)8-13-15(29)16(30)19(33-13)28-10-26-14-17(23)24-9-25-18(14)28/h9-13,15-16,19,29-30H,2-8,21-22H2,1H3,(H,31,32)(H2,23,24,25)/t11?,12?,13-,15-,16-,19-/m1/s1. The zero-order valence-electron chi connectivity index (χ0n) is 18.7. The van der Waals surface area contributed by atoms with Crippen LogP contribution in [-0.4, -0.2) is 95.7 Å². The van der Waals surface area contributed by atoms with E-state index in [1.807, 2.05) is 4.90 Å². The molecule has 0 saturated carbocycles. The number of aromatic nitrogens is 4. The predicted octanol–water partition coefficient (Wildman–Crippen LogP) is -1.35. The fourth-order valence-corrected chi connectivity index (χ4v) is 4.02. The number of fused-ring (bicyclic) bond motifs is 1. The minimum atomic E-state index is -1.23. The summed E-state index contributed by atoms with van der Waals surface area (Å²) < 4.78 is 7.54. The molecule has 33 heavy (non-hydrogen) atoms. The molecule has 1 aliphatic rings. The Hall–Kier alpha value is -2.42. The number of ether oxygens (including phenoxy) is 1. The quantitative estimate of drug-likeness (QED) is 0.214. The van der Waals surface area contributed by atoms with E-state index in [0.29, 0.717) is 30.7 Å². The number of aliphatic carboxylic acids is 1. The fourth-order valence-electron chi connectivity index (χ4n) is 4.02. The first-order valence-electron chi connectivity index (χ1n) is 11.1. The third kappa shape index (κ3) is 5.93. The van der Waals surface area contributed by atoms with E-state index in [1.165, 1.54) is 17.2 Å². The second kappa shape index (κ2) is 11.1. The molecule has 0 aromatic carbocycles. The van der Waals surface area contributed by atoms with Gasteiger partial charge in [-0.1, -0.05) is 13.3 Å². The number of nitrogen functional groups attached to an aromatic ring is 1. The molecule has 1 saturated heterocycles. The SMILES string of the molecule is CCCC(N)CCN(CCC(N)C(=O)O)C[C@H]1O[C@@H](n2cnc3c(N)ncnc32)[C@H](O)[C@@H]1O. The lowest BCUT2D eigenvalue weighted by molar-refractivity contribution is -0.138. The topological polar surface area (TPSA) is 212 Å². The van der Waals surface area contributed by atoms with Crippen molar-refractivity contribution in [1.29, 1.82) is 0 Å². The Bertz CT molecular complexity index is 927. The third-order valence-electron chi connectivity index (χ3n) is 5.99. The summed E-state index contributed by atoms with van der Waals surface area (Å²) >= 11 is 0. The number of hydrogen-bond donors (Lipinski definition) is 6. The second-order valence-electron chi connectivity index (χ2n) is 8.50. The van der Waals surface area contributed by atoms with Crippen molar-refractivity contribution >= 4 is 23.0 Å². The van der Waals surface area contributed by atoms with Crippen LogP contribution < -0.4 is 17.2 Å². The van der Waals surface area contributed by atoms with Crippen molar-refractivity contribution in [2.75, 3.05) is 25.4 Å². The lowest BCUT2D eigenvalue weighted by atomic mass is 10.1. The van der Waals surface area contributed by atoms with Gasteiger partial charge in [0.05, 0.1) is 6.33 Å². The average molecular weight is 467 g/mol. The van der Waals surface area contributed by atoms with Gasteiger partial charge in [0, 0.05) is 19.1 Å². The minimum Gasteiger partial charge on any atom is -0.480 e. The number of aliphatic hydroxyl groups is 2. The lowest BCUT2D eigenvalue weighted by Gasteiger charge is -2.28. The zero-order valence-corrected chi connectivity index (χ0v) is 18.7. The van der Waals surface area contributed by atoms with E-state index in [2.05, 4.69) is 21.9 Å². The Balaban J connectivity index is 1.71. The normalized spacial score (nSPS) is 25.0. The fraction of sp³-hybridized carbons (Fsp3) is 0.700. The first-order chi connectivity index (χ1) is 15.7. The summed E-state index contributed by atoms with van der Waals surface area (Å²) in [6.07, 6.45) is 1.45. The van der Waals surface area contributed by atoms with E-state index in [1.54, 1.807) is 0 Å². The maximum absolute atomic E-state index is 11.1. The summed E-state index contributed by atoms with van der Waals surface area (Å²) in [5, 5.41) is 30.5. The van der Waals surface area contributed by atoms with E-state index in [4.69, 9.17) is 27.0 Å². The van der Waals surface area contributed by atoms with E-state index >= 15 is 0 Å². The molecule has 0 amide bonds. The molecule has 13 heteroatoms. The van der Waals surface area contributed by atoms with Crippen molar-refractivity contribution in [1.82, 2.24) is 24.4 Å². The van der Waals surface area contributed by atoms with Gasteiger partial charge in [-0.2, -0.15) is 0 Å². The Kier molecular flexibility index (Phi) is 8.51. The molecule has 3 heterocycles. The largest absolute Gasteiger partial charge is 0.480 e. The van der Waals surface area contributed by atoms with Crippen LogP contribution in [0, 0.1) is 0 Å². The maximum atomic E-state index is 11.1. The second-order valence-corrected chi connectivity index (χ2v) is 8.50. The van der Waals surface area contributed by atoms with Crippen molar-refractivity contribution in [3.05, 3.63) is 12.7 Å². The minimum absolute atomic E-state index is 0.0147. The van der Waals surface area contributed by atoms with Crippen LogP contribution in [-0.2, 0) is 9.53 Å². The number of carboxylic acid groups (broad SMARTS) is 1. The molecule has 2 aromatic rings. The molecule has 3 rings (SSSR count). The van der Waals surface area contributed by atoms with Gasteiger partial charge in [0.25, 0.3) is 0 Å². The Labute approximate surface area is 191 Å². The maximum Gasteiger partial charge on any atom is 0.320 e. The Morgan fingerprint density at radius 2 is 1.91 bits per heavy atom. The zero-order chi connectivity index (χ0) is 24.1. The molecule has 0 radical (unpaired) electrons. The molecule has 184 valence electrons. The van der Waals surface area contributed by atoms with Gasteiger partial charge in [0.15, 0.2) is 17.7 Å². The Morgan fingerprint density at radius 1 is 1.18 bits per heavy atom. The van der Waals surface area contributed by atoms with Crippen LogP contribution in [0.25, 0.3) is 11.2 Å². The molecule has 1 fully saturated rings. The Morgan fingerprint density at radius 3 is 2.61 bits per heavy atom. The summed E-state index contributed by atoms with van der Waals surface area (Å²) in [7, 11) is 0. The van der Waals surface area contributed by atoms with Gasteiger partial charge in [-0.3, -0.25) is 9.36 Å². The molecule has 2 aromatic heterocycles. The molecule has 1 aliphatic heterocycles. The van der Waals surface area contributed by atoms with Crippen molar-refractivity contribution in [2.24, 2.45) is 11.5 Å². The number of nitrogens with two attached hydrogens (primary N) is 3. The highest BCUT2D eigenvalue weighted by atomic mass is 16.6. The highest BCUT2D eigenvalue weighted by Crippen LogP contribution is 2.32. The number of imidazole rings is 1. The predicted molar refractivity (Wildman–Crippen MR) is 120 cm³/mol. The van der Waals surface area contributed by atoms with E-state index in [-0.39, 0.29) is 24.8 Å². The van der Waals surface area contributed by atoms with Gasteiger partial charge in [-0.15, -0.1) is 0 Å². The van der Waals surface area contributed by atoms with Gasteiger partial charge >= 0.3 is 5.97 Å². The number of rotatable bonds is 12. The van der Waals surface area contributed by atoms with Crippen molar-refractivity contribution < 1.29 is 24.9 Å². The third-order valence-corrected chi connectivity index (χ3v) is 5.99. The van der Waals surface area contributed by atoms with Gasteiger partial charge in [0.1, 0.15) is 36.2 Å². The van der Waals surface area contributed by atoms with E-state index in [9.17, 15) is 15.0 Å². The first kappa shape index (κ1) is 25.2. The highest BCUT2D eigenvalue weighted by Gasteiger charge is 2.44. The van der Waals surface area contributed by atoms with Crippen LogP contribution in [0.1, 0.15) is 38.8 Å². The molecule has 6 atom stereocenters. The van der Waals surface area contributed by atoms with Crippen LogP contribution in [0.2, 0.25) is 0 Å². The van der Waals surface area contributed by atoms with Crippen LogP contribution >= 0.6 is 0 Å². The molecule has 2 unspecified atom stereocenters. The number of nitrogens with zero attached hydrogens (tertiary/aromatic N) is 5. The molecule has 9 N–H and O–H groups in total. The molecule has 0 spiro atoms. The monoisotopic (exact) mass is 466 g/mol. The molecular formula is C20H34N8O5. The van der Waals surface area contributed by atoms with E-state index < -0.39 is 36.6 Å². The molecule has 13 nitrogen and oxygen atoms in total. The summed E-state index contributed by atoms with van der Waals surface area (Å²) in [5.74, 6) is -0.869. The molecule has 0 aliphatic carbocycles. The number of hydrogen-bond acceptors (Lipinski definition) is 11. The smallest absolute Gasteiger partial charge is 0.320 e. The number of carboxylic acids is 1. The summed E-state index contributed by atoms with van der Waals surface area (Å²) in [6.45, 7) is 3.30. The molecular weight excluding hydrogens is 432 g/mol. The summed E-state index contributed by atoms with van der Waals surface area (Å²) in [5.41, 5.74) is 18.4. The van der Waals surface area contributed by atoms with Crippen LogP contribution in [0.3, 0.4) is 0 Å². The van der Waals surface area contributed by atoms with Crippen LogP contribution in [0.4, 0.5) is 5.82 Å². The van der Waals surface area contributed by atoms with Crippen molar-refractivity contribution in [3.8, 4) is 0 Å². The molecule has 0 bridgehead atoms. The average Bonchev–Trinajstić information content (AvgIpc) is 3.32. The summed E-state index contributed by atoms with van der Waals surface area (Å²) in [6, 6.07) is -0.979. The number of carbonyl (C=O) groups is 1. The van der Waals surface area contributed by atoms with Gasteiger partial charge < -0.3 is 42.2 Å². The highest BCUT2D eigenvalue weighted by molar-refractivity contribution is 5.81. The van der Waals surface area contributed by atoms with Crippen LogP contribution in [0.5, 0.6) is 0 Å². The van der Waals surface area contributed by atoms with Crippen molar-refractivity contribution in [2.45, 2.75) is 69.2 Å². The van der Waals surface area contributed by atoms with Gasteiger partial charge in [-0.05, 0) is 25.8 Å². The van der Waals surface area contributed by atoms with E-state index in [0.717, 1.165) is 12.8 Å². The van der Waals surface area contributed by atoms with Crippen molar-refractivity contribution in [3.63, 3.8) is 0 Å². The number of anilines is 1. The van der Waals surface area contributed by atoms with Crippen LogP contribution in [0.15, 0.2) is 12.7 Å². The first-order valence-corrected chi connectivity index (χ1v) is 11.1. The summed E-state index contributed by atoms with van der Waals surface area (Å²) in [4.78, 5) is 25.3.